The zero-order chi connectivity index (χ0) is 19.6. The van der Waals surface area contributed by atoms with E-state index in [1.165, 1.54) is 4.90 Å². The number of piperidine rings is 1. The first-order chi connectivity index (χ1) is 12.7. The monoisotopic (exact) mass is 372 g/mol. The molecule has 144 valence electrons. The van der Waals surface area contributed by atoms with Crippen molar-refractivity contribution in [1.29, 1.82) is 0 Å². The van der Waals surface area contributed by atoms with E-state index in [2.05, 4.69) is 5.16 Å². The van der Waals surface area contributed by atoms with E-state index in [0.29, 0.717) is 24.4 Å². The largest absolute Gasteiger partial charge is 0.481 e. The summed E-state index contributed by atoms with van der Waals surface area (Å²) in [5.74, 6) is -1.55. The summed E-state index contributed by atoms with van der Waals surface area (Å²) in [5.41, 5.74) is 0.956. The molecule has 1 aliphatic heterocycles. The molecular weight excluding hydrogens is 348 g/mol. The van der Waals surface area contributed by atoms with E-state index in [9.17, 15) is 14.7 Å². The number of carbonyl (C=O) groups is 2. The van der Waals surface area contributed by atoms with Crippen LogP contribution in [0.25, 0.3) is 11.3 Å². The zero-order valence-electron chi connectivity index (χ0n) is 15.7. The lowest BCUT2D eigenvalue weighted by Crippen LogP contribution is -2.47. The van der Waals surface area contributed by atoms with Crippen molar-refractivity contribution in [2.75, 3.05) is 13.1 Å². The molecular formula is C20H24N2O5. The van der Waals surface area contributed by atoms with Gasteiger partial charge in [0, 0.05) is 30.6 Å². The van der Waals surface area contributed by atoms with Gasteiger partial charge in [-0.1, -0.05) is 35.5 Å². The normalized spacial score (nSPS) is 20.3. The molecule has 1 amide bonds. The molecule has 7 heteroatoms. The fourth-order valence-corrected chi connectivity index (χ4v) is 3.24. The number of carboxylic acids is 1. The maximum absolute atomic E-state index is 12.3. The smallest absolute Gasteiger partial charge is 0.410 e. The molecule has 0 aliphatic carbocycles. The molecule has 1 aromatic carbocycles. The van der Waals surface area contributed by atoms with Gasteiger partial charge in [0.05, 0.1) is 5.92 Å². The molecule has 1 saturated heterocycles. The molecule has 27 heavy (non-hydrogen) atoms. The van der Waals surface area contributed by atoms with Crippen molar-refractivity contribution in [2.24, 2.45) is 5.92 Å². The van der Waals surface area contributed by atoms with E-state index >= 15 is 0 Å². The van der Waals surface area contributed by atoms with Crippen molar-refractivity contribution in [3.63, 3.8) is 0 Å². The highest BCUT2D eigenvalue weighted by Gasteiger charge is 2.40. The number of rotatable bonds is 3. The molecule has 2 heterocycles. The highest BCUT2D eigenvalue weighted by atomic mass is 16.6. The Bertz CT molecular complexity index is 809. The third-order valence-electron chi connectivity index (χ3n) is 4.55. The number of carboxylic acid groups (broad SMARTS) is 1. The Morgan fingerprint density at radius 3 is 2.59 bits per heavy atom. The number of likely N-dealkylation sites (tertiary alicyclic amines) is 1. The minimum Gasteiger partial charge on any atom is -0.481 e. The summed E-state index contributed by atoms with van der Waals surface area (Å²) in [6.07, 6.45) is -0.0191. The molecule has 2 atom stereocenters. The van der Waals surface area contributed by atoms with Crippen molar-refractivity contribution in [1.82, 2.24) is 10.1 Å². The number of nitrogens with zero attached hydrogens (tertiary/aromatic N) is 2. The molecule has 1 N–H and O–H groups in total. The van der Waals surface area contributed by atoms with E-state index in [0.717, 1.165) is 5.56 Å². The third-order valence-corrected chi connectivity index (χ3v) is 4.55. The number of benzene rings is 1. The Labute approximate surface area is 157 Å². The Hall–Kier alpha value is -2.83. The Balaban J connectivity index is 1.76. The van der Waals surface area contributed by atoms with Crippen LogP contribution in [0.5, 0.6) is 0 Å². The summed E-state index contributed by atoms with van der Waals surface area (Å²) < 4.78 is 10.8. The summed E-state index contributed by atoms with van der Waals surface area (Å²) in [6.45, 7) is 5.84. The van der Waals surface area contributed by atoms with Gasteiger partial charge in [-0.05, 0) is 27.2 Å². The number of aromatic nitrogens is 1. The van der Waals surface area contributed by atoms with Crippen LogP contribution in [0.1, 0.15) is 38.9 Å². The van der Waals surface area contributed by atoms with Gasteiger partial charge in [0.1, 0.15) is 17.1 Å². The van der Waals surface area contributed by atoms with Gasteiger partial charge in [0.25, 0.3) is 0 Å². The van der Waals surface area contributed by atoms with Crippen LogP contribution in [0.2, 0.25) is 0 Å². The molecule has 0 spiro atoms. The number of hydrogen-bond donors (Lipinski definition) is 1. The fourth-order valence-electron chi connectivity index (χ4n) is 3.24. The molecule has 0 bridgehead atoms. The molecule has 1 aromatic heterocycles. The molecule has 1 fully saturated rings. The summed E-state index contributed by atoms with van der Waals surface area (Å²) in [4.78, 5) is 25.6. The fraction of sp³-hybridized carbons (Fsp3) is 0.450. The van der Waals surface area contributed by atoms with E-state index in [1.807, 2.05) is 30.3 Å². The van der Waals surface area contributed by atoms with Crippen molar-refractivity contribution in [3.8, 4) is 11.3 Å². The minimum atomic E-state index is -0.967. The van der Waals surface area contributed by atoms with Gasteiger partial charge in [0.2, 0.25) is 0 Å². The Morgan fingerprint density at radius 2 is 1.96 bits per heavy atom. The van der Waals surface area contributed by atoms with Crippen LogP contribution in [0.3, 0.4) is 0 Å². The highest BCUT2D eigenvalue weighted by molar-refractivity contribution is 5.74. The molecule has 0 unspecified atom stereocenters. The minimum absolute atomic E-state index is 0.0796. The van der Waals surface area contributed by atoms with Gasteiger partial charge in [-0.15, -0.1) is 0 Å². The van der Waals surface area contributed by atoms with Crippen LogP contribution in [-0.4, -0.2) is 45.9 Å². The second kappa shape index (κ2) is 7.42. The SMILES string of the molecule is CC(C)(C)OC(=O)N1CC[C@H](c2cc(-c3ccccc3)no2)[C@@H](C(=O)O)C1. The molecule has 3 rings (SSSR count). The topological polar surface area (TPSA) is 92.9 Å². The van der Waals surface area contributed by atoms with Crippen LogP contribution in [-0.2, 0) is 9.53 Å². The lowest BCUT2D eigenvalue weighted by Gasteiger charge is -2.36. The summed E-state index contributed by atoms with van der Waals surface area (Å²) in [6, 6.07) is 11.4. The van der Waals surface area contributed by atoms with Crippen molar-refractivity contribution >= 4 is 12.1 Å². The van der Waals surface area contributed by atoms with Crippen LogP contribution >= 0.6 is 0 Å². The van der Waals surface area contributed by atoms with Crippen molar-refractivity contribution in [3.05, 3.63) is 42.2 Å². The van der Waals surface area contributed by atoms with Crippen LogP contribution in [0, 0.1) is 5.92 Å². The lowest BCUT2D eigenvalue weighted by molar-refractivity contribution is -0.144. The molecule has 0 radical (unpaired) electrons. The number of carbonyl (C=O) groups excluding carboxylic acids is 1. The summed E-state index contributed by atoms with van der Waals surface area (Å²) in [5, 5.41) is 13.8. The average Bonchev–Trinajstić information content (AvgIpc) is 3.10. The predicted molar refractivity (Wildman–Crippen MR) is 98.2 cm³/mol. The van der Waals surface area contributed by atoms with Crippen LogP contribution < -0.4 is 0 Å². The van der Waals surface area contributed by atoms with Gasteiger partial charge in [-0.25, -0.2) is 4.79 Å². The van der Waals surface area contributed by atoms with E-state index in [-0.39, 0.29) is 12.5 Å². The quantitative estimate of drug-likeness (QED) is 0.882. The van der Waals surface area contributed by atoms with Gasteiger partial charge in [-0.3, -0.25) is 4.79 Å². The molecule has 7 nitrogen and oxygen atoms in total. The lowest BCUT2D eigenvalue weighted by atomic mass is 9.83. The predicted octanol–water partition coefficient (Wildman–Crippen LogP) is 3.77. The number of amides is 1. The molecule has 1 aliphatic rings. The first-order valence-corrected chi connectivity index (χ1v) is 8.97. The van der Waals surface area contributed by atoms with Crippen LogP contribution in [0.4, 0.5) is 4.79 Å². The van der Waals surface area contributed by atoms with Gasteiger partial charge in [0.15, 0.2) is 0 Å². The van der Waals surface area contributed by atoms with E-state index in [1.54, 1.807) is 26.8 Å². The van der Waals surface area contributed by atoms with Gasteiger partial charge >= 0.3 is 12.1 Å². The Morgan fingerprint density at radius 1 is 1.26 bits per heavy atom. The first kappa shape index (κ1) is 18.9. The second-order valence-corrected chi connectivity index (χ2v) is 7.75. The zero-order valence-corrected chi connectivity index (χ0v) is 15.7. The number of hydrogen-bond acceptors (Lipinski definition) is 5. The maximum atomic E-state index is 12.3. The molecule has 0 saturated carbocycles. The Kier molecular flexibility index (Phi) is 5.21. The highest BCUT2D eigenvalue weighted by Crippen LogP contribution is 2.35. The van der Waals surface area contributed by atoms with Crippen molar-refractivity contribution in [2.45, 2.75) is 38.7 Å². The third kappa shape index (κ3) is 4.48. The van der Waals surface area contributed by atoms with Crippen molar-refractivity contribution < 1.29 is 24.0 Å². The van der Waals surface area contributed by atoms with E-state index in [4.69, 9.17) is 9.26 Å². The average molecular weight is 372 g/mol. The standard InChI is InChI=1S/C20H24N2O5/c1-20(2,3)26-19(25)22-10-9-14(15(12-22)18(23)24)17-11-16(21-27-17)13-7-5-4-6-8-13/h4-8,11,14-15H,9-10,12H2,1-3H3,(H,23,24)/t14-,15-/m0/s1. The number of ether oxygens (including phenoxy) is 1. The van der Waals surface area contributed by atoms with Gasteiger partial charge < -0.3 is 19.3 Å². The van der Waals surface area contributed by atoms with E-state index < -0.39 is 23.6 Å². The summed E-state index contributed by atoms with van der Waals surface area (Å²) in [7, 11) is 0. The first-order valence-electron chi connectivity index (χ1n) is 8.97. The molecule has 2 aromatic rings. The number of aliphatic carboxylic acids is 1. The summed E-state index contributed by atoms with van der Waals surface area (Å²) >= 11 is 0. The van der Waals surface area contributed by atoms with Gasteiger partial charge in [-0.2, -0.15) is 0 Å². The second-order valence-electron chi connectivity index (χ2n) is 7.75. The van der Waals surface area contributed by atoms with Crippen LogP contribution in [0.15, 0.2) is 40.9 Å². The maximum Gasteiger partial charge on any atom is 0.410 e.